The van der Waals surface area contributed by atoms with E-state index in [1.54, 1.807) is 0 Å². The van der Waals surface area contributed by atoms with Crippen LogP contribution < -0.4 is 5.73 Å². The smallest absolute Gasteiger partial charge is 0.132 e. The second-order valence-electron chi connectivity index (χ2n) is 4.33. The largest absolute Gasteiger partial charge is 0.383 e. The summed E-state index contributed by atoms with van der Waals surface area (Å²) >= 11 is 0. The molecule has 18 heavy (non-hydrogen) atoms. The van der Waals surface area contributed by atoms with Gasteiger partial charge in [0.05, 0.1) is 0 Å². The molecule has 0 fully saturated rings. The van der Waals surface area contributed by atoms with Crippen LogP contribution in [-0.4, -0.2) is 9.55 Å². The highest BCUT2D eigenvalue weighted by molar-refractivity contribution is 5.73. The zero-order valence-electron chi connectivity index (χ0n) is 11.0. The Morgan fingerprint density at radius 1 is 1.39 bits per heavy atom. The van der Waals surface area contributed by atoms with Crippen LogP contribution in [0, 0.1) is 6.92 Å². The van der Waals surface area contributed by atoms with E-state index in [-0.39, 0.29) is 0 Å². The number of hydrogen-bond acceptors (Lipinski definition) is 2. The molecule has 0 saturated heterocycles. The zero-order valence-corrected chi connectivity index (χ0v) is 11.0. The summed E-state index contributed by atoms with van der Waals surface area (Å²) in [6, 6.07) is 8.18. The van der Waals surface area contributed by atoms with E-state index in [2.05, 4.69) is 37.5 Å². The number of aryl methyl sites for hydroxylation is 2. The lowest BCUT2D eigenvalue weighted by molar-refractivity contribution is 0.757. The van der Waals surface area contributed by atoms with Gasteiger partial charge in [0, 0.05) is 18.5 Å². The maximum absolute atomic E-state index is 6.22. The molecule has 0 amide bonds. The SMILES string of the molecule is C=CCn1c(CC)nc(-c2ccccc2C)c1N. The Labute approximate surface area is 108 Å². The van der Waals surface area contributed by atoms with Crippen molar-refractivity contribution in [2.75, 3.05) is 5.73 Å². The normalized spacial score (nSPS) is 10.6. The van der Waals surface area contributed by atoms with Crippen molar-refractivity contribution in [3.63, 3.8) is 0 Å². The van der Waals surface area contributed by atoms with Gasteiger partial charge in [0.1, 0.15) is 17.3 Å². The second kappa shape index (κ2) is 5.08. The quantitative estimate of drug-likeness (QED) is 0.835. The summed E-state index contributed by atoms with van der Waals surface area (Å²) in [7, 11) is 0. The van der Waals surface area contributed by atoms with E-state index in [1.165, 1.54) is 5.56 Å². The number of benzene rings is 1. The predicted octanol–water partition coefficient (Wildman–Crippen LogP) is 3.19. The van der Waals surface area contributed by atoms with Crippen molar-refractivity contribution >= 4 is 5.82 Å². The molecular formula is C15H19N3. The fourth-order valence-corrected chi connectivity index (χ4v) is 2.15. The topological polar surface area (TPSA) is 43.8 Å². The lowest BCUT2D eigenvalue weighted by Gasteiger charge is -2.06. The number of hydrogen-bond donors (Lipinski definition) is 1. The van der Waals surface area contributed by atoms with E-state index in [1.807, 2.05) is 22.8 Å². The van der Waals surface area contributed by atoms with Gasteiger partial charge in [-0.05, 0) is 12.5 Å². The van der Waals surface area contributed by atoms with Crippen molar-refractivity contribution < 1.29 is 0 Å². The molecule has 1 aromatic carbocycles. The molecule has 1 aromatic heterocycles. The first kappa shape index (κ1) is 12.4. The van der Waals surface area contributed by atoms with Gasteiger partial charge in [-0.1, -0.05) is 37.3 Å². The molecule has 3 heteroatoms. The van der Waals surface area contributed by atoms with Crippen molar-refractivity contribution in [1.82, 2.24) is 9.55 Å². The summed E-state index contributed by atoms with van der Waals surface area (Å²) in [5.41, 5.74) is 9.39. The number of nitrogens with zero attached hydrogens (tertiary/aromatic N) is 2. The zero-order chi connectivity index (χ0) is 13.1. The van der Waals surface area contributed by atoms with E-state index < -0.39 is 0 Å². The molecule has 0 bridgehead atoms. The number of aromatic nitrogens is 2. The van der Waals surface area contributed by atoms with Gasteiger partial charge in [0.2, 0.25) is 0 Å². The highest BCUT2D eigenvalue weighted by Gasteiger charge is 2.15. The third-order valence-electron chi connectivity index (χ3n) is 3.11. The molecule has 0 aliphatic rings. The summed E-state index contributed by atoms with van der Waals surface area (Å²) in [4.78, 5) is 4.67. The number of allylic oxidation sites excluding steroid dienone is 1. The molecule has 0 aliphatic heterocycles. The van der Waals surface area contributed by atoms with Crippen LogP contribution in [0.4, 0.5) is 5.82 Å². The van der Waals surface area contributed by atoms with Gasteiger partial charge in [-0.2, -0.15) is 0 Å². The number of imidazole rings is 1. The molecule has 94 valence electrons. The van der Waals surface area contributed by atoms with E-state index >= 15 is 0 Å². The van der Waals surface area contributed by atoms with Crippen molar-refractivity contribution in [3.05, 3.63) is 48.3 Å². The maximum Gasteiger partial charge on any atom is 0.132 e. The molecular weight excluding hydrogens is 222 g/mol. The Bertz CT molecular complexity index is 567. The van der Waals surface area contributed by atoms with Crippen LogP contribution in [0.1, 0.15) is 18.3 Å². The summed E-state index contributed by atoms with van der Waals surface area (Å²) in [5, 5.41) is 0. The molecule has 0 radical (unpaired) electrons. The first-order valence-corrected chi connectivity index (χ1v) is 6.20. The van der Waals surface area contributed by atoms with Crippen molar-refractivity contribution in [3.8, 4) is 11.3 Å². The molecule has 0 atom stereocenters. The lowest BCUT2D eigenvalue weighted by atomic mass is 10.1. The van der Waals surface area contributed by atoms with Gasteiger partial charge in [-0.15, -0.1) is 6.58 Å². The van der Waals surface area contributed by atoms with E-state index in [9.17, 15) is 0 Å². The van der Waals surface area contributed by atoms with Crippen LogP contribution in [-0.2, 0) is 13.0 Å². The summed E-state index contributed by atoms with van der Waals surface area (Å²) in [5.74, 6) is 1.73. The van der Waals surface area contributed by atoms with Crippen LogP contribution in [0.5, 0.6) is 0 Å². The van der Waals surface area contributed by atoms with Gasteiger partial charge < -0.3 is 10.3 Å². The van der Waals surface area contributed by atoms with Gasteiger partial charge in [-0.25, -0.2) is 4.98 Å². The minimum atomic E-state index is 0.702. The van der Waals surface area contributed by atoms with E-state index in [4.69, 9.17) is 5.73 Å². The molecule has 3 nitrogen and oxygen atoms in total. The second-order valence-corrected chi connectivity index (χ2v) is 4.33. The van der Waals surface area contributed by atoms with Gasteiger partial charge in [-0.3, -0.25) is 0 Å². The van der Waals surface area contributed by atoms with Crippen molar-refractivity contribution in [2.24, 2.45) is 0 Å². The third kappa shape index (κ3) is 2.04. The standard InChI is InChI=1S/C15H19N3/c1-4-10-18-13(5-2)17-14(15(18)16)12-9-7-6-8-11(12)3/h4,6-9H,1,5,10,16H2,2-3H3. The number of anilines is 1. The van der Waals surface area contributed by atoms with Gasteiger partial charge in [0.15, 0.2) is 0 Å². The Balaban J connectivity index is 2.59. The average molecular weight is 241 g/mol. The molecule has 2 N–H and O–H groups in total. The van der Waals surface area contributed by atoms with Crippen LogP contribution in [0.2, 0.25) is 0 Å². The Morgan fingerprint density at radius 3 is 2.72 bits per heavy atom. The van der Waals surface area contributed by atoms with Crippen molar-refractivity contribution in [1.29, 1.82) is 0 Å². The first-order chi connectivity index (χ1) is 8.69. The molecule has 0 spiro atoms. The Hall–Kier alpha value is -2.03. The average Bonchev–Trinajstić information content (AvgIpc) is 2.68. The van der Waals surface area contributed by atoms with Gasteiger partial charge >= 0.3 is 0 Å². The number of nitrogens with two attached hydrogens (primary N) is 1. The van der Waals surface area contributed by atoms with Crippen LogP contribution in [0.15, 0.2) is 36.9 Å². The monoisotopic (exact) mass is 241 g/mol. The minimum Gasteiger partial charge on any atom is -0.383 e. The highest BCUT2D eigenvalue weighted by Crippen LogP contribution is 2.29. The van der Waals surface area contributed by atoms with E-state index in [0.717, 1.165) is 29.3 Å². The van der Waals surface area contributed by atoms with Crippen LogP contribution in [0.25, 0.3) is 11.3 Å². The lowest BCUT2D eigenvalue weighted by Crippen LogP contribution is -2.05. The highest BCUT2D eigenvalue weighted by atomic mass is 15.1. The van der Waals surface area contributed by atoms with Crippen molar-refractivity contribution in [2.45, 2.75) is 26.8 Å². The first-order valence-electron chi connectivity index (χ1n) is 6.20. The summed E-state index contributed by atoms with van der Waals surface area (Å²) < 4.78 is 2.02. The molecule has 1 heterocycles. The Kier molecular flexibility index (Phi) is 3.51. The third-order valence-corrected chi connectivity index (χ3v) is 3.11. The molecule has 0 saturated carbocycles. The molecule has 2 aromatic rings. The number of nitrogen functional groups attached to an aromatic ring is 1. The molecule has 0 aliphatic carbocycles. The maximum atomic E-state index is 6.22. The van der Waals surface area contributed by atoms with Gasteiger partial charge in [0.25, 0.3) is 0 Å². The minimum absolute atomic E-state index is 0.702. The Morgan fingerprint density at radius 2 is 2.11 bits per heavy atom. The molecule has 0 unspecified atom stereocenters. The fourth-order valence-electron chi connectivity index (χ4n) is 2.15. The molecule has 2 rings (SSSR count). The van der Waals surface area contributed by atoms with Crippen LogP contribution >= 0.6 is 0 Å². The fraction of sp³-hybridized carbons (Fsp3) is 0.267. The van der Waals surface area contributed by atoms with Crippen LogP contribution in [0.3, 0.4) is 0 Å². The van der Waals surface area contributed by atoms with E-state index in [0.29, 0.717) is 6.54 Å². The summed E-state index contributed by atoms with van der Waals surface area (Å²) in [6.07, 6.45) is 2.71. The predicted molar refractivity (Wildman–Crippen MR) is 76.4 cm³/mol. The summed E-state index contributed by atoms with van der Waals surface area (Å²) in [6.45, 7) is 8.63. The number of rotatable bonds is 4.